The highest BCUT2D eigenvalue weighted by Crippen LogP contribution is 2.13. The molecule has 1 atom stereocenters. The Hall–Kier alpha value is 0.500. The highest BCUT2D eigenvalue weighted by molar-refractivity contribution is 5.85. The standard InChI is InChI=1S/C7H15N.2ClH.H3N/c1-7-5-3-4-6-8(7)2;;;/h7H,3-6H2,1-2H3;2*1H;1H3. The Balaban J connectivity index is -0.000000213. The normalized spacial score (nSPS) is 24.0. The molecular formula is C7H20Cl2N2. The minimum atomic E-state index is 0. The number of hydrogen-bond acceptors (Lipinski definition) is 2. The monoisotopic (exact) mass is 202 g/mol. The van der Waals surface area contributed by atoms with Crippen molar-refractivity contribution in [2.75, 3.05) is 13.6 Å². The molecule has 2 nitrogen and oxygen atoms in total. The Labute approximate surface area is 82.1 Å². The third-order valence-corrected chi connectivity index (χ3v) is 2.14. The minimum absolute atomic E-state index is 0. The Morgan fingerprint density at radius 2 is 1.73 bits per heavy atom. The van der Waals surface area contributed by atoms with Crippen LogP contribution in [0.1, 0.15) is 26.2 Å². The van der Waals surface area contributed by atoms with Crippen LogP contribution in [0.4, 0.5) is 0 Å². The van der Waals surface area contributed by atoms with E-state index in [-0.39, 0.29) is 31.0 Å². The fraction of sp³-hybridized carbons (Fsp3) is 1.00. The lowest BCUT2D eigenvalue weighted by Crippen LogP contribution is -2.33. The van der Waals surface area contributed by atoms with Gasteiger partial charge < -0.3 is 11.1 Å². The van der Waals surface area contributed by atoms with Gasteiger partial charge in [-0.2, -0.15) is 0 Å². The van der Waals surface area contributed by atoms with Crippen LogP contribution >= 0.6 is 24.8 Å². The maximum Gasteiger partial charge on any atom is 0.00638 e. The first-order chi connectivity index (χ1) is 3.80. The first-order valence-corrected chi connectivity index (χ1v) is 3.51. The Kier molecular flexibility index (Phi) is 13.7. The van der Waals surface area contributed by atoms with Crippen molar-refractivity contribution in [3.05, 3.63) is 0 Å². The van der Waals surface area contributed by atoms with Gasteiger partial charge in [0.15, 0.2) is 0 Å². The van der Waals surface area contributed by atoms with Crippen LogP contribution in [-0.4, -0.2) is 24.5 Å². The van der Waals surface area contributed by atoms with Crippen LogP contribution in [0.25, 0.3) is 0 Å². The molecular weight excluding hydrogens is 183 g/mol. The van der Waals surface area contributed by atoms with Crippen molar-refractivity contribution >= 4 is 24.8 Å². The molecule has 4 heteroatoms. The van der Waals surface area contributed by atoms with E-state index in [1.54, 1.807) is 0 Å². The van der Waals surface area contributed by atoms with E-state index in [2.05, 4.69) is 18.9 Å². The summed E-state index contributed by atoms with van der Waals surface area (Å²) in [6.45, 7) is 3.61. The molecule has 0 spiro atoms. The van der Waals surface area contributed by atoms with Crippen LogP contribution in [0.15, 0.2) is 0 Å². The summed E-state index contributed by atoms with van der Waals surface area (Å²) in [6.07, 6.45) is 4.24. The zero-order chi connectivity index (χ0) is 5.98. The molecule has 3 N–H and O–H groups in total. The summed E-state index contributed by atoms with van der Waals surface area (Å²) in [7, 11) is 2.21. The summed E-state index contributed by atoms with van der Waals surface area (Å²) in [5, 5.41) is 0. The number of nitrogens with zero attached hydrogens (tertiary/aromatic N) is 1. The molecule has 0 amide bonds. The van der Waals surface area contributed by atoms with E-state index in [1.165, 1.54) is 25.8 Å². The number of piperidine rings is 1. The molecule has 0 radical (unpaired) electrons. The Bertz CT molecular complexity index is 70.8. The van der Waals surface area contributed by atoms with Crippen LogP contribution < -0.4 is 6.15 Å². The van der Waals surface area contributed by atoms with Gasteiger partial charge in [-0.3, -0.25) is 0 Å². The maximum atomic E-state index is 2.43. The minimum Gasteiger partial charge on any atom is -0.344 e. The molecule has 0 saturated carbocycles. The molecule has 0 bridgehead atoms. The molecule has 1 rings (SSSR count). The van der Waals surface area contributed by atoms with Gasteiger partial charge in [0.05, 0.1) is 0 Å². The maximum absolute atomic E-state index is 2.43. The second-order valence-electron chi connectivity index (χ2n) is 2.83. The summed E-state index contributed by atoms with van der Waals surface area (Å²) in [4.78, 5) is 2.43. The van der Waals surface area contributed by atoms with Crippen molar-refractivity contribution < 1.29 is 0 Å². The topological polar surface area (TPSA) is 38.2 Å². The molecule has 0 aliphatic carbocycles. The predicted octanol–water partition coefficient (Wildman–Crippen LogP) is 2.50. The molecule has 0 aromatic rings. The van der Waals surface area contributed by atoms with Crippen molar-refractivity contribution in [2.45, 2.75) is 32.2 Å². The van der Waals surface area contributed by atoms with E-state index in [0.717, 1.165) is 6.04 Å². The highest BCUT2D eigenvalue weighted by Gasteiger charge is 2.12. The Morgan fingerprint density at radius 1 is 1.18 bits per heavy atom. The summed E-state index contributed by atoms with van der Waals surface area (Å²) in [5.41, 5.74) is 0. The van der Waals surface area contributed by atoms with E-state index >= 15 is 0 Å². The van der Waals surface area contributed by atoms with Gasteiger partial charge in [0.25, 0.3) is 0 Å². The molecule has 11 heavy (non-hydrogen) atoms. The second kappa shape index (κ2) is 8.60. The van der Waals surface area contributed by atoms with Crippen molar-refractivity contribution in [3.8, 4) is 0 Å². The smallest absolute Gasteiger partial charge is 0.00638 e. The molecule has 1 fully saturated rings. The highest BCUT2D eigenvalue weighted by atomic mass is 35.5. The molecule has 1 aliphatic rings. The molecule has 1 aliphatic heterocycles. The van der Waals surface area contributed by atoms with Gasteiger partial charge in [0.1, 0.15) is 0 Å². The van der Waals surface area contributed by atoms with E-state index in [4.69, 9.17) is 0 Å². The zero-order valence-corrected chi connectivity index (χ0v) is 9.01. The van der Waals surface area contributed by atoms with Crippen molar-refractivity contribution in [1.29, 1.82) is 0 Å². The lowest BCUT2D eigenvalue weighted by atomic mass is 10.1. The first kappa shape index (κ1) is 17.5. The van der Waals surface area contributed by atoms with Crippen LogP contribution in [0.3, 0.4) is 0 Å². The lowest BCUT2D eigenvalue weighted by molar-refractivity contribution is 0.200. The fourth-order valence-electron chi connectivity index (χ4n) is 1.24. The van der Waals surface area contributed by atoms with Gasteiger partial charge in [-0.25, -0.2) is 0 Å². The van der Waals surface area contributed by atoms with Crippen LogP contribution in [0.2, 0.25) is 0 Å². The van der Waals surface area contributed by atoms with Gasteiger partial charge in [-0.1, -0.05) is 6.42 Å². The third kappa shape index (κ3) is 5.74. The summed E-state index contributed by atoms with van der Waals surface area (Å²) in [6, 6.07) is 0.837. The first-order valence-electron chi connectivity index (χ1n) is 3.51. The molecule has 0 aromatic heterocycles. The third-order valence-electron chi connectivity index (χ3n) is 2.14. The van der Waals surface area contributed by atoms with Gasteiger partial charge >= 0.3 is 0 Å². The number of likely N-dealkylation sites (tertiary alicyclic amines) is 1. The zero-order valence-electron chi connectivity index (χ0n) is 7.38. The van der Waals surface area contributed by atoms with Crippen molar-refractivity contribution in [2.24, 2.45) is 0 Å². The van der Waals surface area contributed by atoms with Crippen LogP contribution in [0.5, 0.6) is 0 Å². The number of hydrogen-bond donors (Lipinski definition) is 1. The average Bonchev–Trinajstić information content (AvgIpc) is 1.77. The fourth-order valence-corrected chi connectivity index (χ4v) is 1.24. The van der Waals surface area contributed by atoms with E-state index < -0.39 is 0 Å². The number of halogens is 2. The van der Waals surface area contributed by atoms with Crippen LogP contribution in [-0.2, 0) is 0 Å². The van der Waals surface area contributed by atoms with Gasteiger partial charge in [0.2, 0.25) is 0 Å². The van der Waals surface area contributed by atoms with Crippen molar-refractivity contribution in [3.63, 3.8) is 0 Å². The molecule has 0 aromatic carbocycles. The molecule has 1 heterocycles. The molecule has 1 saturated heterocycles. The summed E-state index contributed by atoms with van der Waals surface area (Å²) < 4.78 is 0. The van der Waals surface area contributed by atoms with Crippen molar-refractivity contribution in [1.82, 2.24) is 11.1 Å². The SMILES string of the molecule is CC1CCCCN1C.Cl.Cl.N. The Morgan fingerprint density at radius 3 is 2.00 bits per heavy atom. The number of rotatable bonds is 0. The average molecular weight is 203 g/mol. The van der Waals surface area contributed by atoms with E-state index in [0.29, 0.717) is 0 Å². The van der Waals surface area contributed by atoms with Gasteiger partial charge in [-0.05, 0) is 33.4 Å². The molecule has 72 valence electrons. The lowest BCUT2D eigenvalue weighted by Gasteiger charge is -2.29. The van der Waals surface area contributed by atoms with Crippen LogP contribution in [0, 0.1) is 0 Å². The predicted molar refractivity (Wildman–Crippen MR) is 55.5 cm³/mol. The summed E-state index contributed by atoms with van der Waals surface area (Å²) in [5.74, 6) is 0. The molecule has 1 unspecified atom stereocenters. The quantitative estimate of drug-likeness (QED) is 0.656. The second-order valence-corrected chi connectivity index (χ2v) is 2.83. The van der Waals surface area contributed by atoms with Gasteiger partial charge in [-0.15, -0.1) is 24.8 Å². The van der Waals surface area contributed by atoms with E-state index in [1.807, 2.05) is 0 Å². The van der Waals surface area contributed by atoms with E-state index in [9.17, 15) is 0 Å². The summed E-state index contributed by atoms with van der Waals surface area (Å²) >= 11 is 0. The van der Waals surface area contributed by atoms with Gasteiger partial charge in [0, 0.05) is 6.04 Å². The largest absolute Gasteiger partial charge is 0.344 e.